The van der Waals surface area contributed by atoms with Crippen LogP contribution >= 0.6 is 0 Å². The van der Waals surface area contributed by atoms with E-state index in [2.05, 4.69) is 18.7 Å². The Morgan fingerprint density at radius 2 is 2.18 bits per heavy atom. The molecule has 1 aromatic rings. The molecule has 0 saturated carbocycles. The molecule has 1 aliphatic rings. The van der Waals surface area contributed by atoms with Gasteiger partial charge in [0.15, 0.2) is 0 Å². The van der Waals surface area contributed by atoms with E-state index in [1.165, 1.54) is 6.07 Å². The van der Waals surface area contributed by atoms with Crippen molar-refractivity contribution in [3.05, 3.63) is 29.6 Å². The van der Waals surface area contributed by atoms with Gasteiger partial charge < -0.3 is 10.5 Å². The Balaban J connectivity index is 2.08. The topological polar surface area (TPSA) is 38.5 Å². The highest BCUT2D eigenvalue weighted by atomic mass is 19.1. The number of ether oxygens (including phenoxy) is 1. The van der Waals surface area contributed by atoms with Crippen LogP contribution in [0.3, 0.4) is 0 Å². The van der Waals surface area contributed by atoms with E-state index in [4.69, 9.17) is 10.5 Å². The van der Waals surface area contributed by atoms with E-state index in [1.807, 2.05) is 6.07 Å². The van der Waals surface area contributed by atoms with Crippen molar-refractivity contribution in [3.8, 4) is 0 Å². The molecular formula is C13H19FN2O. The SMILES string of the molecule is CC1CN(Cc2cc(N)cc(F)c2)C(C)CO1. The summed E-state index contributed by atoms with van der Waals surface area (Å²) >= 11 is 0. The van der Waals surface area contributed by atoms with Crippen molar-refractivity contribution in [2.24, 2.45) is 0 Å². The third-order valence-corrected chi connectivity index (χ3v) is 3.10. The molecule has 4 heteroatoms. The lowest BCUT2D eigenvalue weighted by molar-refractivity contribution is -0.0526. The van der Waals surface area contributed by atoms with Gasteiger partial charge in [-0.3, -0.25) is 4.90 Å². The Hall–Kier alpha value is -1.13. The van der Waals surface area contributed by atoms with Crippen molar-refractivity contribution in [2.75, 3.05) is 18.9 Å². The Bertz CT molecular complexity index is 377. The summed E-state index contributed by atoms with van der Waals surface area (Å²) in [5, 5.41) is 0. The molecule has 1 aliphatic heterocycles. The molecule has 0 amide bonds. The zero-order valence-electron chi connectivity index (χ0n) is 10.3. The molecule has 1 aromatic carbocycles. The molecule has 0 radical (unpaired) electrons. The fourth-order valence-corrected chi connectivity index (χ4v) is 2.19. The van der Waals surface area contributed by atoms with Crippen LogP contribution in [0.25, 0.3) is 0 Å². The van der Waals surface area contributed by atoms with Gasteiger partial charge >= 0.3 is 0 Å². The maximum Gasteiger partial charge on any atom is 0.125 e. The van der Waals surface area contributed by atoms with E-state index in [0.29, 0.717) is 11.7 Å². The molecule has 3 nitrogen and oxygen atoms in total. The molecule has 94 valence electrons. The van der Waals surface area contributed by atoms with Crippen LogP contribution in [0.15, 0.2) is 18.2 Å². The van der Waals surface area contributed by atoms with Crippen LogP contribution in [0.4, 0.5) is 10.1 Å². The number of anilines is 1. The minimum absolute atomic E-state index is 0.233. The summed E-state index contributed by atoms with van der Waals surface area (Å²) in [6.45, 7) is 6.49. The Morgan fingerprint density at radius 1 is 1.41 bits per heavy atom. The Kier molecular flexibility index (Phi) is 3.64. The number of nitrogens with zero attached hydrogens (tertiary/aromatic N) is 1. The first-order valence-corrected chi connectivity index (χ1v) is 5.95. The predicted molar refractivity (Wildman–Crippen MR) is 66.1 cm³/mol. The van der Waals surface area contributed by atoms with Crippen LogP contribution in [0, 0.1) is 5.82 Å². The van der Waals surface area contributed by atoms with E-state index in [0.717, 1.165) is 25.3 Å². The number of rotatable bonds is 2. The van der Waals surface area contributed by atoms with Gasteiger partial charge in [0.1, 0.15) is 5.82 Å². The average molecular weight is 238 g/mol. The van der Waals surface area contributed by atoms with Gasteiger partial charge in [-0.05, 0) is 37.6 Å². The number of nitrogens with two attached hydrogens (primary N) is 1. The molecule has 17 heavy (non-hydrogen) atoms. The molecule has 1 fully saturated rings. The molecule has 0 spiro atoms. The van der Waals surface area contributed by atoms with E-state index < -0.39 is 0 Å². The highest BCUT2D eigenvalue weighted by Crippen LogP contribution is 2.17. The molecule has 2 unspecified atom stereocenters. The summed E-state index contributed by atoms with van der Waals surface area (Å²) in [6.07, 6.45) is 0.233. The maximum absolute atomic E-state index is 13.2. The van der Waals surface area contributed by atoms with Gasteiger partial charge in [0.05, 0.1) is 12.7 Å². The van der Waals surface area contributed by atoms with Crippen LogP contribution in [-0.2, 0) is 11.3 Å². The van der Waals surface area contributed by atoms with Crippen molar-refractivity contribution in [1.29, 1.82) is 0 Å². The summed E-state index contributed by atoms with van der Waals surface area (Å²) in [5.41, 5.74) is 7.04. The lowest BCUT2D eigenvalue weighted by Crippen LogP contribution is -2.46. The predicted octanol–water partition coefficient (Wildman–Crippen LogP) is 2.02. The van der Waals surface area contributed by atoms with Crippen molar-refractivity contribution in [2.45, 2.75) is 32.5 Å². The van der Waals surface area contributed by atoms with E-state index in [9.17, 15) is 4.39 Å². The highest BCUT2D eigenvalue weighted by molar-refractivity contribution is 5.41. The van der Waals surface area contributed by atoms with Gasteiger partial charge in [-0.25, -0.2) is 4.39 Å². The first-order chi connectivity index (χ1) is 8.04. The molecule has 1 saturated heterocycles. The van der Waals surface area contributed by atoms with Gasteiger partial charge in [-0.15, -0.1) is 0 Å². The minimum Gasteiger partial charge on any atom is -0.399 e. The van der Waals surface area contributed by atoms with E-state index >= 15 is 0 Å². The summed E-state index contributed by atoms with van der Waals surface area (Å²) in [7, 11) is 0. The lowest BCUT2D eigenvalue weighted by Gasteiger charge is -2.36. The van der Waals surface area contributed by atoms with Crippen molar-refractivity contribution in [3.63, 3.8) is 0 Å². The van der Waals surface area contributed by atoms with E-state index in [1.54, 1.807) is 6.07 Å². The summed E-state index contributed by atoms with van der Waals surface area (Å²) < 4.78 is 18.8. The maximum atomic E-state index is 13.2. The van der Waals surface area contributed by atoms with Gasteiger partial charge in [0.2, 0.25) is 0 Å². The second-order valence-corrected chi connectivity index (χ2v) is 4.82. The molecule has 0 aliphatic carbocycles. The standard InChI is InChI=1S/C13H19FN2O/c1-9-8-17-10(2)6-16(9)7-11-3-12(14)5-13(15)4-11/h3-5,9-10H,6-8,15H2,1-2H3. The quantitative estimate of drug-likeness (QED) is 0.801. The molecule has 2 atom stereocenters. The van der Waals surface area contributed by atoms with Crippen LogP contribution in [-0.4, -0.2) is 30.2 Å². The first-order valence-electron chi connectivity index (χ1n) is 5.95. The number of benzene rings is 1. The van der Waals surface area contributed by atoms with Gasteiger partial charge in [0.25, 0.3) is 0 Å². The second-order valence-electron chi connectivity index (χ2n) is 4.82. The summed E-state index contributed by atoms with van der Waals surface area (Å²) in [5.74, 6) is -0.269. The Morgan fingerprint density at radius 3 is 2.88 bits per heavy atom. The fourth-order valence-electron chi connectivity index (χ4n) is 2.19. The lowest BCUT2D eigenvalue weighted by atomic mass is 10.1. The monoisotopic (exact) mass is 238 g/mol. The fraction of sp³-hybridized carbons (Fsp3) is 0.538. The average Bonchev–Trinajstić information content (AvgIpc) is 2.22. The van der Waals surface area contributed by atoms with Crippen LogP contribution in [0.5, 0.6) is 0 Å². The molecule has 1 heterocycles. The highest BCUT2D eigenvalue weighted by Gasteiger charge is 2.23. The zero-order chi connectivity index (χ0) is 12.4. The number of hydrogen-bond donors (Lipinski definition) is 1. The molecule has 2 N–H and O–H groups in total. The first kappa shape index (κ1) is 12.3. The number of hydrogen-bond acceptors (Lipinski definition) is 3. The normalized spacial score (nSPS) is 26.1. The van der Waals surface area contributed by atoms with Crippen molar-refractivity contribution in [1.82, 2.24) is 4.90 Å². The van der Waals surface area contributed by atoms with Crippen LogP contribution in [0.2, 0.25) is 0 Å². The number of halogens is 1. The van der Waals surface area contributed by atoms with Crippen molar-refractivity contribution < 1.29 is 9.13 Å². The minimum atomic E-state index is -0.269. The van der Waals surface area contributed by atoms with Crippen LogP contribution < -0.4 is 5.73 Å². The second kappa shape index (κ2) is 5.02. The molecule has 2 rings (SSSR count). The molecular weight excluding hydrogens is 219 g/mol. The van der Waals surface area contributed by atoms with Gasteiger partial charge in [0, 0.05) is 24.8 Å². The smallest absolute Gasteiger partial charge is 0.125 e. The van der Waals surface area contributed by atoms with Gasteiger partial charge in [-0.1, -0.05) is 0 Å². The van der Waals surface area contributed by atoms with Crippen molar-refractivity contribution >= 4 is 5.69 Å². The van der Waals surface area contributed by atoms with E-state index in [-0.39, 0.29) is 11.9 Å². The molecule has 0 bridgehead atoms. The Labute approximate surface area is 101 Å². The number of nitrogen functional groups attached to an aromatic ring is 1. The van der Waals surface area contributed by atoms with Crippen LogP contribution in [0.1, 0.15) is 19.4 Å². The van der Waals surface area contributed by atoms with Gasteiger partial charge in [-0.2, -0.15) is 0 Å². The third kappa shape index (κ3) is 3.17. The number of morpholine rings is 1. The molecule has 0 aromatic heterocycles. The summed E-state index contributed by atoms with van der Waals surface area (Å²) in [4.78, 5) is 2.29. The zero-order valence-corrected chi connectivity index (χ0v) is 10.3. The third-order valence-electron chi connectivity index (χ3n) is 3.10. The summed E-state index contributed by atoms with van der Waals surface area (Å²) in [6, 6.07) is 5.07. The largest absolute Gasteiger partial charge is 0.399 e.